The molecule has 1 amide bonds. The molecule has 0 aliphatic carbocycles. The summed E-state index contributed by atoms with van der Waals surface area (Å²) in [6.07, 6.45) is 1.72. The minimum Gasteiger partial charge on any atom is -0.483 e. The van der Waals surface area contributed by atoms with Crippen LogP contribution in [0.25, 0.3) is 0 Å². The third-order valence-corrected chi connectivity index (χ3v) is 2.99. The average Bonchev–Trinajstić information content (AvgIpc) is 2.37. The van der Waals surface area contributed by atoms with Gasteiger partial charge in [-0.2, -0.15) is 0 Å². The number of rotatable bonds is 6. The van der Waals surface area contributed by atoms with Gasteiger partial charge in [0.25, 0.3) is 5.91 Å². The highest BCUT2D eigenvalue weighted by Gasteiger charge is 2.11. The van der Waals surface area contributed by atoms with Crippen molar-refractivity contribution in [1.82, 2.24) is 4.90 Å². The number of likely N-dealkylation sites (N-methyl/N-ethyl adjacent to an activating group) is 1. The van der Waals surface area contributed by atoms with Gasteiger partial charge in [-0.15, -0.1) is 6.58 Å². The first kappa shape index (κ1) is 14.3. The second kappa shape index (κ2) is 6.84. The fourth-order valence-electron chi connectivity index (χ4n) is 1.67. The van der Waals surface area contributed by atoms with E-state index in [9.17, 15) is 4.79 Å². The summed E-state index contributed by atoms with van der Waals surface area (Å²) in [6, 6.07) is 5.85. The average molecular weight is 247 g/mol. The van der Waals surface area contributed by atoms with Gasteiger partial charge in [-0.05, 0) is 38.0 Å². The molecule has 0 saturated carbocycles. The van der Waals surface area contributed by atoms with Crippen molar-refractivity contribution in [1.29, 1.82) is 0 Å². The zero-order valence-corrected chi connectivity index (χ0v) is 11.4. The Morgan fingerprint density at radius 3 is 2.78 bits per heavy atom. The minimum absolute atomic E-state index is 0.0155. The molecule has 18 heavy (non-hydrogen) atoms. The van der Waals surface area contributed by atoms with E-state index in [-0.39, 0.29) is 12.5 Å². The van der Waals surface area contributed by atoms with E-state index in [1.807, 2.05) is 39.0 Å². The Balaban J connectivity index is 2.62. The lowest BCUT2D eigenvalue weighted by atomic mass is 10.1. The summed E-state index contributed by atoms with van der Waals surface area (Å²) in [5, 5.41) is 0. The molecule has 0 radical (unpaired) electrons. The van der Waals surface area contributed by atoms with E-state index in [1.54, 1.807) is 11.0 Å². The molecule has 3 nitrogen and oxygen atoms in total. The third-order valence-electron chi connectivity index (χ3n) is 2.99. The number of amides is 1. The van der Waals surface area contributed by atoms with Gasteiger partial charge in [-0.25, -0.2) is 0 Å². The molecule has 0 bridgehead atoms. The molecule has 0 spiro atoms. The highest BCUT2D eigenvalue weighted by molar-refractivity contribution is 5.78. The first-order valence-corrected chi connectivity index (χ1v) is 6.17. The number of nitrogens with zero attached hydrogens (tertiary/aromatic N) is 1. The van der Waals surface area contributed by atoms with Crippen molar-refractivity contribution >= 4 is 5.91 Å². The Hall–Kier alpha value is -1.77. The summed E-state index contributed by atoms with van der Waals surface area (Å²) in [6.45, 7) is 10.9. The molecule has 0 atom stereocenters. The molecule has 0 saturated heterocycles. The number of aryl methyl sites for hydroxylation is 1. The molecule has 1 rings (SSSR count). The molecule has 0 N–H and O–H groups in total. The van der Waals surface area contributed by atoms with Gasteiger partial charge in [0.1, 0.15) is 5.75 Å². The number of ether oxygens (including phenoxy) is 1. The van der Waals surface area contributed by atoms with Crippen molar-refractivity contribution in [3.63, 3.8) is 0 Å². The molecular weight excluding hydrogens is 226 g/mol. The topological polar surface area (TPSA) is 29.5 Å². The molecule has 0 heterocycles. The van der Waals surface area contributed by atoms with Gasteiger partial charge >= 0.3 is 0 Å². The first-order chi connectivity index (χ1) is 8.60. The van der Waals surface area contributed by atoms with E-state index in [0.29, 0.717) is 13.1 Å². The summed E-state index contributed by atoms with van der Waals surface area (Å²) in [5.41, 5.74) is 2.25. The van der Waals surface area contributed by atoms with E-state index >= 15 is 0 Å². The zero-order chi connectivity index (χ0) is 13.5. The Morgan fingerprint density at radius 1 is 1.44 bits per heavy atom. The Morgan fingerprint density at radius 2 is 2.17 bits per heavy atom. The Kier molecular flexibility index (Phi) is 5.43. The maximum atomic E-state index is 11.9. The second-order valence-corrected chi connectivity index (χ2v) is 4.21. The number of carbonyl (C=O) groups is 1. The summed E-state index contributed by atoms with van der Waals surface area (Å²) >= 11 is 0. The van der Waals surface area contributed by atoms with E-state index in [1.165, 1.54) is 5.56 Å². The molecule has 0 aliphatic heterocycles. The van der Waals surface area contributed by atoms with Gasteiger partial charge in [-0.3, -0.25) is 4.79 Å². The van der Waals surface area contributed by atoms with Gasteiger partial charge in [0.2, 0.25) is 0 Å². The van der Waals surface area contributed by atoms with Crippen LogP contribution in [-0.2, 0) is 4.79 Å². The van der Waals surface area contributed by atoms with Crippen molar-refractivity contribution < 1.29 is 9.53 Å². The first-order valence-electron chi connectivity index (χ1n) is 6.17. The van der Waals surface area contributed by atoms with Crippen LogP contribution >= 0.6 is 0 Å². The van der Waals surface area contributed by atoms with Crippen molar-refractivity contribution in [3.8, 4) is 5.75 Å². The predicted molar refractivity (Wildman–Crippen MR) is 73.9 cm³/mol. The van der Waals surface area contributed by atoms with Crippen LogP contribution in [-0.4, -0.2) is 30.5 Å². The van der Waals surface area contributed by atoms with Gasteiger partial charge in [0, 0.05) is 13.1 Å². The van der Waals surface area contributed by atoms with Crippen molar-refractivity contribution in [2.75, 3.05) is 19.7 Å². The van der Waals surface area contributed by atoms with Crippen LogP contribution in [0.1, 0.15) is 18.1 Å². The number of benzene rings is 1. The van der Waals surface area contributed by atoms with Crippen LogP contribution in [0.4, 0.5) is 0 Å². The Labute approximate surface area is 109 Å². The zero-order valence-electron chi connectivity index (χ0n) is 11.4. The van der Waals surface area contributed by atoms with E-state index in [2.05, 4.69) is 6.58 Å². The van der Waals surface area contributed by atoms with Gasteiger partial charge in [0.15, 0.2) is 6.61 Å². The lowest BCUT2D eigenvalue weighted by Crippen LogP contribution is -2.34. The molecule has 3 heteroatoms. The van der Waals surface area contributed by atoms with Crippen LogP contribution in [0.5, 0.6) is 5.75 Å². The lowest BCUT2D eigenvalue weighted by molar-refractivity contribution is -0.132. The van der Waals surface area contributed by atoms with Crippen LogP contribution < -0.4 is 4.74 Å². The molecule has 0 fully saturated rings. The van der Waals surface area contributed by atoms with Crippen molar-refractivity contribution in [3.05, 3.63) is 42.0 Å². The van der Waals surface area contributed by atoms with Crippen LogP contribution in [0.3, 0.4) is 0 Å². The summed E-state index contributed by atoms with van der Waals surface area (Å²) in [5.74, 6) is 0.760. The molecule has 1 aromatic rings. The summed E-state index contributed by atoms with van der Waals surface area (Å²) in [4.78, 5) is 13.6. The van der Waals surface area contributed by atoms with Crippen LogP contribution in [0, 0.1) is 13.8 Å². The van der Waals surface area contributed by atoms with E-state index < -0.39 is 0 Å². The monoisotopic (exact) mass is 247 g/mol. The molecule has 98 valence electrons. The van der Waals surface area contributed by atoms with E-state index in [4.69, 9.17) is 4.74 Å². The van der Waals surface area contributed by atoms with E-state index in [0.717, 1.165) is 11.3 Å². The predicted octanol–water partition coefficient (Wildman–Crippen LogP) is 2.72. The molecular formula is C15H21NO2. The normalized spacial score (nSPS) is 9.94. The summed E-state index contributed by atoms with van der Waals surface area (Å²) in [7, 11) is 0. The highest BCUT2D eigenvalue weighted by atomic mass is 16.5. The largest absolute Gasteiger partial charge is 0.483 e. The number of hydrogen-bond acceptors (Lipinski definition) is 2. The van der Waals surface area contributed by atoms with Crippen molar-refractivity contribution in [2.45, 2.75) is 20.8 Å². The van der Waals surface area contributed by atoms with Gasteiger partial charge < -0.3 is 9.64 Å². The number of carbonyl (C=O) groups excluding carboxylic acids is 1. The second-order valence-electron chi connectivity index (χ2n) is 4.21. The van der Waals surface area contributed by atoms with Crippen LogP contribution in [0.2, 0.25) is 0 Å². The fourth-order valence-corrected chi connectivity index (χ4v) is 1.67. The van der Waals surface area contributed by atoms with Gasteiger partial charge in [0.05, 0.1) is 0 Å². The highest BCUT2D eigenvalue weighted by Crippen LogP contribution is 2.20. The quantitative estimate of drug-likeness (QED) is 0.723. The standard InChI is InChI=1S/C15H21NO2/c1-5-10-16(6-2)15(17)11-18-14-9-7-8-12(3)13(14)4/h5,7-9H,1,6,10-11H2,2-4H3. The van der Waals surface area contributed by atoms with Crippen molar-refractivity contribution in [2.24, 2.45) is 0 Å². The fraction of sp³-hybridized carbons (Fsp3) is 0.400. The SMILES string of the molecule is C=CCN(CC)C(=O)COc1cccc(C)c1C. The Bertz CT molecular complexity index is 427. The minimum atomic E-state index is -0.0155. The molecule has 0 aromatic heterocycles. The third kappa shape index (κ3) is 3.62. The molecule has 0 unspecified atom stereocenters. The lowest BCUT2D eigenvalue weighted by Gasteiger charge is -2.19. The maximum absolute atomic E-state index is 11.9. The van der Waals surface area contributed by atoms with Crippen LogP contribution in [0.15, 0.2) is 30.9 Å². The molecule has 0 aliphatic rings. The van der Waals surface area contributed by atoms with Gasteiger partial charge in [-0.1, -0.05) is 18.2 Å². The molecule has 1 aromatic carbocycles. The maximum Gasteiger partial charge on any atom is 0.260 e. The smallest absolute Gasteiger partial charge is 0.260 e. The number of hydrogen-bond donors (Lipinski definition) is 0. The summed E-state index contributed by atoms with van der Waals surface area (Å²) < 4.78 is 5.58.